The first-order chi connectivity index (χ1) is 29.1. The van der Waals surface area contributed by atoms with Gasteiger partial charge in [-0.3, -0.25) is 4.52 Å². The molecule has 0 radical (unpaired) electrons. The Labute approximate surface area is 352 Å². The third kappa shape index (κ3) is 7.26. The summed E-state index contributed by atoms with van der Waals surface area (Å²) in [5.41, 5.74) is 2.25. The van der Waals surface area contributed by atoms with Crippen molar-refractivity contribution in [1.82, 2.24) is 0 Å². The average Bonchev–Trinajstić information content (AvgIpc) is 3.95. The number of carbonyl (C=O) groups excluding carboxylic acids is 2. The Hall–Kier alpha value is -4.51. The van der Waals surface area contributed by atoms with Gasteiger partial charge in [-0.1, -0.05) is 130 Å². The summed E-state index contributed by atoms with van der Waals surface area (Å²) in [5.74, 6) is -0.436. The number of ether oxygens (including phenoxy) is 5. The van der Waals surface area contributed by atoms with Crippen LogP contribution in [0.3, 0.4) is 0 Å². The molecule has 4 aromatic carbocycles. The van der Waals surface area contributed by atoms with Crippen LogP contribution in [0.4, 0.5) is 0 Å². The number of fused-ring (bicyclic) bond motifs is 2. The minimum atomic E-state index is -1.78. The maximum absolute atomic E-state index is 13.7. The van der Waals surface area contributed by atoms with Crippen LogP contribution in [0.5, 0.6) is 0 Å². The van der Waals surface area contributed by atoms with Gasteiger partial charge in [-0.15, -0.1) is 0 Å². The molecule has 9 rings (SSSR count). The number of carbonyl (C=O) groups is 2. The zero-order chi connectivity index (χ0) is 41.5. The molecule has 3 aliphatic heterocycles. The van der Waals surface area contributed by atoms with Crippen molar-refractivity contribution < 1.29 is 46.8 Å². The summed E-state index contributed by atoms with van der Waals surface area (Å²) in [6.07, 6.45) is 1.47. The van der Waals surface area contributed by atoms with Gasteiger partial charge in [-0.2, -0.15) is 0 Å². The molecule has 1 spiro atoms. The molecule has 0 bridgehead atoms. The molecule has 0 aromatic heterocycles. The van der Waals surface area contributed by atoms with Crippen LogP contribution in [0.15, 0.2) is 138 Å². The van der Waals surface area contributed by atoms with E-state index in [0.29, 0.717) is 42.8 Å². The fourth-order valence-corrected chi connectivity index (χ4v) is 11.2. The highest BCUT2D eigenvalue weighted by molar-refractivity contribution is 7.41. The first kappa shape index (κ1) is 40.9. The second-order valence-corrected chi connectivity index (χ2v) is 18.2. The van der Waals surface area contributed by atoms with E-state index in [4.69, 9.17) is 37.3 Å². The van der Waals surface area contributed by atoms with Crippen LogP contribution in [-0.2, 0) is 55.3 Å². The number of benzene rings is 4. The first-order valence-corrected chi connectivity index (χ1v) is 21.9. The minimum Gasteiger partial charge on any atom is -0.419 e. The lowest BCUT2D eigenvalue weighted by Gasteiger charge is -2.61. The van der Waals surface area contributed by atoms with Crippen LogP contribution < -0.4 is 0 Å². The Morgan fingerprint density at radius 3 is 1.98 bits per heavy atom. The molecule has 2 aliphatic carbocycles. The van der Waals surface area contributed by atoms with Crippen molar-refractivity contribution >= 4 is 26.3 Å². The first-order valence-electron chi connectivity index (χ1n) is 20.9. The Morgan fingerprint density at radius 2 is 1.38 bits per heavy atom. The molecule has 10 nitrogen and oxygen atoms in total. The molecular weight excluding hydrogens is 780 g/mol. The van der Waals surface area contributed by atoms with Crippen LogP contribution in [0, 0.1) is 23.2 Å². The molecule has 0 N–H and O–H groups in total. The summed E-state index contributed by atoms with van der Waals surface area (Å²) >= 11 is 0. The van der Waals surface area contributed by atoms with Crippen LogP contribution in [0.2, 0.25) is 0 Å². The zero-order valence-corrected chi connectivity index (χ0v) is 35.3. The van der Waals surface area contributed by atoms with Crippen molar-refractivity contribution in [3.8, 4) is 0 Å². The van der Waals surface area contributed by atoms with E-state index < -0.39 is 43.3 Å². The van der Waals surface area contributed by atoms with Gasteiger partial charge < -0.3 is 32.7 Å². The number of hydrogen-bond donors (Lipinski definition) is 0. The van der Waals surface area contributed by atoms with E-state index in [0.717, 1.165) is 23.1 Å². The molecule has 60 heavy (non-hydrogen) atoms. The number of epoxide rings is 1. The molecule has 7 atom stereocenters. The van der Waals surface area contributed by atoms with E-state index in [1.165, 1.54) is 0 Å². The van der Waals surface area contributed by atoms with Crippen molar-refractivity contribution in [1.29, 1.82) is 0 Å². The lowest BCUT2D eigenvalue weighted by atomic mass is 9.49. The fourth-order valence-electron chi connectivity index (χ4n) is 10.3. The van der Waals surface area contributed by atoms with Gasteiger partial charge in [0.1, 0.15) is 11.2 Å². The van der Waals surface area contributed by atoms with Crippen molar-refractivity contribution in [2.24, 2.45) is 23.2 Å². The molecule has 0 amide bonds. The average molecular weight is 831 g/mol. The molecular formula is C49H51O10P. The van der Waals surface area contributed by atoms with Gasteiger partial charge in [-0.05, 0) is 61.3 Å². The third-order valence-electron chi connectivity index (χ3n) is 13.4. The van der Waals surface area contributed by atoms with Crippen LogP contribution >= 0.6 is 8.60 Å². The summed E-state index contributed by atoms with van der Waals surface area (Å²) in [6.45, 7) is 9.68. The fraction of sp³-hybridized carbons (Fsp3) is 0.388. The van der Waals surface area contributed by atoms with Crippen LogP contribution in [0.25, 0.3) is 5.76 Å². The number of esters is 2. The Kier molecular flexibility index (Phi) is 11.4. The number of hydrogen-bond acceptors (Lipinski definition) is 10. The Bertz CT molecular complexity index is 2210. The standard InChI is InChI=1S/C49H51O10P/c1-32(2)38-27-40-49(59-40)47(3)26-25-37-41(43(58-46(37)51)42(35-21-13-7-14-22-35)57-45(50)36-23-15-8-16-24-36)39(47)30-53-48(49,4)44(38)52-31-56-60(54-28-33-17-9-5-10-18-33)55-29-34-19-11-6-12-20-34/h5-24,32,38-40,44H,25-31H2,1-4H3/b43-42+/t38?,39?,40-,44+,47-,48+,49+/m0/s1. The minimum absolute atomic E-state index is 0.0687. The Morgan fingerprint density at radius 1 is 0.800 bits per heavy atom. The van der Waals surface area contributed by atoms with Gasteiger partial charge >= 0.3 is 20.5 Å². The smallest absolute Gasteiger partial charge is 0.343 e. The molecule has 1 saturated carbocycles. The number of allylic oxidation sites excluding steroid dienone is 1. The topological polar surface area (TPSA) is 111 Å². The molecule has 2 unspecified atom stereocenters. The quantitative estimate of drug-likeness (QED) is 0.0400. The summed E-state index contributed by atoms with van der Waals surface area (Å²) in [7, 11) is -1.78. The summed E-state index contributed by atoms with van der Waals surface area (Å²) in [4.78, 5) is 27.4. The molecule has 4 aromatic rings. The summed E-state index contributed by atoms with van der Waals surface area (Å²) in [5, 5.41) is 0. The van der Waals surface area contributed by atoms with E-state index >= 15 is 0 Å². The van der Waals surface area contributed by atoms with E-state index in [9.17, 15) is 9.59 Å². The monoisotopic (exact) mass is 830 g/mol. The SMILES string of the molecule is CC(C)C1C[C@@H]2O[C@@]23[C@@]2(C)CCC4=C(/C(=C(\OC(=O)c5ccccc5)c5ccccc5)OC4=O)C2CO[C@]3(C)[C@@H]1OCOP(OCc1ccccc1)OCc1ccccc1. The van der Waals surface area contributed by atoms with Crippen LogP contribution in [-0.4, -0.2) is 48.7 Å². The molecule has 11 heteroatoms. The zero-order valence-electron chi connectivity index (χ0n) is 34.4. The van der Waals surface area contributed by atoms with Gasteiger partial charge in [0.15, 0.2) is 18.3 Å². The van der Waals surface area contributed by atoms with E-state index in [-0.39, 0.29) is 48.8 Å². The van der Waals surface area contributed by atoms with Crippen LogP contribution in [0.1, 0.15) is 74.0 Å². The maximum Gasteiger partial charge on any atom is 0.343 e. The normalized spacial score (nSPS) is 29.9. The molecule has 3 fully saturated rings. The molecule has 2 saturated heterocycles. The number of cyclic esters (lactones) is 1. The predicted octanol–water partition coefficient (Wildman–Crippen LogP) is 10.1. The Balaban J connectivity index is 0.999. The van der Waals surface area contributed by atoms with E-state index in [1.54, 1.807) is 24.3 Å². The van der Waals surface area contributed by atoms with Gasteiger partial charge in [0.2, 0.25) is 0 Å². The van der Waals surface area contributed by atoms with E-state index in [2.05, 4.69) is 27.7 Å². The van der Waals surface area contributed by atoms with Crippen molar-refractivity contribution in [2.75, 3.05) is 13.4 Å². The molecule has 312 valence electrons. The highest BCUT2D eigenvalue weighted by Gasteiger charge is 2.84. The van der Waals surface area contributed by atoms with Gasteiger partial charge in [-0.25, -0.2) is 9.59 Å². The van der Waals surface area contributed by atoms with E-state index in [1.807, 2.05) is 97.1 Å². The summed E-state index contributed by atoms with van der Waals surface area (Å²) < 4.78 is 52.1. The third-order valence-corrected chi connectivity index (χ3v) is 14.4. The van der Waals surface area contributed by atoms with Gasteiger partial charge in [0.05, 0.1) is 37.6 Å². The molecule has 3 heterocycles. The lowest BCUT2D eigenvalue weighted by molar-refractivity contribution is -0.273. The predicted molar refractivity (Wildman–Crippen MR) is 224 cm³/mol. The number of rotatable bonds is 14. The highest BCUT2D eigenvalue weighted by Crippen LogP contribution is 2.73. The second-order valence-electron chi connectivity index (χ2n) is 17.0. The van der Waals surface area contributed by atoms with Gasteiger partial charge in [0, 0.05) is 28.0 Å². The maximum atomic E-state index is 13.7. The molecule has 5 aliphatic rings. The lowest BCUT2D eigenvalue weighted by Crippen LogP contribution is -2.72. The van der Waals surface area contributed by atoms with Gasteiger partial charge in [0.25, 0.3) is 0 Å². The highest BCUT2D eigenvalue weighted by atomic mass is 31.2. The summed E-state index contributed by atoms with van der Waals surface area (Å²) in [6, 6.07) is 38.0. The van der Waals surface area contributed by atoms with Crippen molar-refractivity contribution in [3.63, 3.8) is 0 Å². The second kappa shape index (κ2) is 16.7. The largest absolute Gasteiger partial charge is 0.419 e. The van der Waals surface area contributed by atoms with Crippen molar-refractivity contribution in [3.05, 3.63) is 160 Å². The van der Waals surface area contributed by atoms with Crippen molar-refractivity contribution in [2.45, 2.75) is 83.6 Å².